The van der Waals surface area contributed by atoms with E-state index in [2.05, 4.69) is 13.8 Å². The monoisotopic (exact) mass is 778 g/mol. The van der Waals surface area contributed by atoms with Crippen LogP contribution in [-0.4, -0.2) is 60.5 Å². The Labute approximate surface area is 325 Å². The lowest BCUT2D eigenvalue weighted by Gasteiger charge is -2.20. The molecule has 3 unspecified atom stereocenters. The van der Waals surface area contributed by atoms with E-state index in [9.17, 15) is 19.0 Å². The topological polar surface area (TPSA) is 155 Å². The summed E-state index contributed by atoms with van der Waals surface area (Å²) >= 11 is 0. The van der Waals surface area contributed by atoms with Crippen LogP contribution in [0.15, 0.2) is 0 Å². The summed E-state index contributed by atoms with van der Waals surface area (Å²) in [5, 5.41) is 8.88. The number of carboxylic acids is 1. The first-order chi connectivity index (χ1) is 25.7. The molecule has 0 amide bonds. The molecule has 0 fully saturated rings. The first kappa shape index (κ1) is 52.0. The van der Waals surface area contributed by atoms with E-state index in [0.717, 1.165) is 38.5 Å². The minimum absolute atomic E-state index is 0.0256. The summed E-state index contributed by atoms with van der Waals surface area (Å²) in [6, 6.07) is -1.47. The molecule has 0 spiro atoms. The van der Waals surface area contributed by atoms with Gasteiger partial charge in [0.15, 0.2) is 0 Å². The molecule has 0 radical (unpaired) electrons. The Morgan fingerprint density at radius 3 is 1.25 bits per heavy atom. The number of phosphoric ester groups is 1. The van der Waals surface area contributed by atoms with Crippen molar-refractivity contribution in [3.63, 3.8) is 0 Å². The third-order valence-electron chi connectivity index (χ3n) is 9.89. The highest BCUT2D eigenvalue weighted by atomic mass is 31.2. The van der Waals surface area contributed by atoms with E-state index in [4.69, 9.17) is 29.4 Å². The van der Waals surface area contributed by atoms with Crippen molar-refractivity contribution in [1.29, 1.82) is 0 Å². The zero-order valence-corrected chi connectivity index (χ0v) is 35.3. The molecule has 0 bridgehead atoms. The maximum Gasteiger partial charge on any atom is 0.472 e. The average molecular weight is 778 g/mol. The molecule has 11 heteroatoms. The van der Waals surface area contributed by atoms with Gasteiger partial charge in [-0.2, -0.15) is 0 Å². The molecular weight excluding hydrogens is 693 g/mol. The molecule has 0 aromatic carbocycles. The molecule has 0 saturated carbocycles. The largest absolute Gasteiger partial charge is 0.480 e. The van der Waals surface area contributed by atoms with Gasteiger partial charge in [-0.1, -0.05) is 200 Å². The second kappa shape index (κ2) is 39.2. The Morgan fingerprint density at radius 2 is 0.868 bits per heavy atom. The number of carbonyl (C=O) groups is 2. The van der Waals surface area contributed by atoms with Gasteiger partial charge in [0, 0.05) is 13.0 Å². The van der Waals surface area contributed by atoms with Crippen LogP contribution in [0.4, 0.5) is 0 Å². The fraction of sp³-hybridized carbons (Fsp3) is 0.952. The lowest BCUT2D eigenvalue weighted by atomic mass is 10.0. The van der Waals surface area contributed by atoms with Crippen LogP contribution in [0.25, 0.3) is 0 Å². The van der Waals surface area contributed by atoms with Crippen LogP contribution in [-0.2, 0) is 32.7 Å². The van der Waals surface area contributed by atoms with Gasteiger partial charge in [0.25, 0.3) is 0 Å². The molecule has 0 aromatic heterocycles. The van der Waals surface area contributed by atoms with E-state index in [1.165, 1.54) is 161 Å². The second-order valence-corrected chi connectivity index (χ2v) is 16.6. The third-order valence-corrected chi connectivity index (χ3v) is 10.8. The Morgan fingerprint density at radius 1 is 0.528 bits per heavy atom. The molecule has 0 saturated heterocycles. The first-order valence-electron chi connectivity index (χ1n) is 22.1. The molecule has 53 heavy (non-hydrogen) atoms. The highest BCUT2D eigenvalue weighted by Gasteiger charge is 2.27. The fourth-order valence-corrected chi connectivity index (χ4v) is 7.21. The number of phosphoric acid groups is 1. The van der Waals surface area contributed by atoms with Crippen LogP contribution in [0.3, 0.4) is 0 Å². The predicted molar refractivity (Wildman–Crippen MR) is 217 cm³/mol. The van der Waals surface area contributed by atoms with Crippen LogP contribution in [0, 0.1) is 0 Å². The molecule has 10 nitrogen and oxygen atoms in total. The summed E-state index contributed by atoms with van der Waals surface area (Å²) in [6.45, 7) is 3.91. The van der Waals surface area contributed by atoms with Crippen molar-refractivity contribution in [1.82, 2.24) is 0 Å². The molecule has 0 aliphatic heterocycles. The quantitative estimate of drug-likeness (QED) is 0.0309. The van der Waals surface area contributed by atoms with E-state index in [1.807, 2.05) is 0 Å². The summed E-state index contributed by atoms with van der Waals surface area (Å²) in [6.07, 6.45) is 38.7. The van der Waals surface area contributed by atoms with E-state index in [-0.39, 0.29) is 13.0 Å². The number of nitrogens with two attached hydrogens (primary N) is 1. The first-order valence-corrected chi connectivity index (χ1v) is 23.6. The molecule has 0 aliphatic rings. The van der Waals surface area contributed by atoms with Crippen molar-refractivity contribution in [2.75, 3.05) is 26.4 Å². The highest BCUT2D eigenvalue weighted by Crippen LogP contribution is 2.43. The Hall–Kier alpha value is -1.03. The minimum atomic E-state index is -4.60. The molecule has 0 heterocycles. The Kier molecular flexibility index (Phi) is 38.5. The molecule has 0 aromatic rings. The number of aliphatic carboxylic acids is 1. The maximum absolute atomic E-state index is 12.6. The van der Waals surface area contributed by atoms with Gasteiger partial charge in [0.2, 0.25) is 0 Å². The second-order valence-electron chi connectivity index (χ2n) is 15.2. The van der Waals surface area contributed by atoms with E-state index in [1.54, 1.807) is 0 Å². The van der Waals surface area contributed by atoms with Crippen LogP contribution < -0.4 is 5.73 Å². The molecule has 3 atom stereocenters. The predicted octanol–water partition coefficient (Wildman–Crippen LogP) is 12.0. The zero-order valence-electron chi connectivity index (χ0n) is 34.4. The van der Waals surface area contributed by atoms with Gasteiger partial charge in [0.1, 0.15) is 12.1 Å². The van der Waals surface area contributed by atoms with Gasteiger partial charge < -0.3 is 25.2 Å². The smallest absolute Gasteiger partial charge is 0.472 e. The fourth-order valence-electron chi connectivity index (χ4n) is 6.43. The SMILES string of the molecule is CCCCCCCCCCCCCCCCCCCCCCOCC(COP(=O)(O)OCC(N)C(=O)O)OC(=O)CCCCCCCCCCCCC. The van der Waals surface area contributed by atoms with Crippen LogP contribution >= 0.6 is 7.82 Å². The van der Waals surface area contributed by atoms with Crippen LogP contribution in [0.2, 0.25) is 0 Å². The maximum atomic E-state index is 12.6. The van der Waals surface area contributed by atoms with Crippen molar-refractivity contribution < 1.29 is 42.7 Å². The molecule has 316 valence electrons. The number of rotatable bonds is 43. The molecular formula is C42H84NO9P. The lowest BCUT2D eigenvalue weighted by molar-refractivity contribution is -0.154. The van der Waals surface area contributed by atoms with Gasteiger partial charge in [-0.05, 0) is 12.8 Å². The Balaban J connectivity index is 4.10. The van der Waals surface area contributed by atoms with E-state index in [0.29, 0.717) is 6.61 Å². The van der Waals surface area contributed by atoms with Gasteiger partial charge in [0.05, 0.1) is 19.8 Å². The standard InChI is InChI=1S/C42H84NO9P/c1-3-5-7-9-11-13-15-16-17-18-19-20-21-22-23-25-27-29-31-33-35-49-36-39(37-50-53(47,48)51-38-40(43)42(45)46)52-41(44)34-32-30-28-26-24-14-12-10-8-6-4-2/h39-40H,3-38,43H2,1-2H3,(H,45,46)(H,47,48). The number of unbranched alkanes of at least 4 members (excludes halogenated alkanes) is 29. The van der Waals surface area contributed by atoms with Gasteiger partial charge in [-0.15, -0.1) is 0 Å². The number of esters is 1. The van der Waals surface area contributed by atoms with Crippen molar-refractivity contribution >= 4 is 19.8 Å². The Bertz CT molecular complexity index is 862. The molecule has 0 rings (SSSR count). The molecule has 4 N–H and O–H groups in total. The minimum Gasteiger partial charge on any atom is -0.480 e. The summed E-state index contributed by atoms with van der Waals surface area (Å²) in [5.74, 6) is -1.77. The number of carbonyl (C=O) groups excluding carboxylic acids is 1. The number of hydrogen-bond donors (Lipinski definition) is 3. The van der Waals surface area contributed by atoms with Crippen molar-refractivity contribution in [2.24, 2.45) is 5.73 Å². The summed E-state index contributed by atoms with van der Waals surface area (Å²) < 4.78 is 33.3. The van der Waals surface area contributed by atoms with E-state index < -0.39 is 45.1 Å². The van der Waals surface area contributed by atoms with Gasteiger partial charge in [-0.3, -0.25) is 18.6 Å². The van der Waals surface area contributed by atoms with Gasteiger partial charge in [-0.25, -0.2) is 4.57 Å². The average Bonchev–Trinajstić information content (AvgIpc) is 3.13. The van der Waals surface area contributed by atoms with Crippen molar-refractivity contribution in [3.8, 4) is 0 Å². The summed E-state index contributed by atoms with van der Waals surface area (Å²) in [5.41, 5.74) is 5.35. The number of hydrogen-bond acceptors (Lipinski definition) is 8. The highest BCUT2D eigenvalue weighted by molar-refractivity contribution is 7.47. The summed E-state index contributed by atoms with van der Waals surface area (Å²) in [7, 11) is -4.60. The van der Waals surface area contributed by atoms with Crippen molar-refractivity contribution in [3.05, 3.63) is 0 Å². The van der Waals surface area contributed by atoms with Crippen LogP contribution in [0.1, 0.15) is 219 Å². The van der Waals surface area contributed by atoms with Gasteiger partial charge >= 0.3 is 19.8 Å². The number of ether oxygens (including phenoxy) is 2. The third kappa shape index (κ3) is 39.0. The zero-order chi connectivity index (χ0) is 39.1. The van der Waals surface area contributed by atoms with Crippen molar-refractivity contribution in [2.45, 2.75) is 231 Å². The number of carboxylic acid groups (broad SMARTS) is 1. The lowest BCUT2D eigenvalue weighted by Crippen LogP contribution is -2.34. The van der Waals surface area contributed by atoms with Crippen LogP contribution in [0.5, 0.6) is 0 Å². The summed E-state index contributed by atoms with van der Waals surface area (Å²) in [4.78, 5) is 33.4. The normalized spacial score (nSPS) is 13.9. The van der Waals surface area contributed by atoms with E-state index >= 15 is 0 Å². The molecule has 0 aliphatic carbocycles.